The van der Waals surface area contributed by atoms with Gasteiger partial charge >= 0.3 is 0 Å². The normalized spacial score (nSPS) is 21.4. The molecule has 3 aliphatic rings. The molecule has 0 aromatic heterocycles. The number of likely N-dealkylation sites (tertiary alicyclic amines) is 1. The molecule has 0 unspecified atom stereocenters. The number of methoxy groups -OCH3 is 1. The first-order valence-electron chi connectivity index (χ1n) is 12.1. The maximum atomic E-state index is 6.68. The average molecular weight is 420 g/mol. The van der Waals surface area contributed by atoms with E-state index < -0.39 is 0 Å². The molecule has 2 aromatic carbocycles. The molecule has 0 amide bonds. The zero-order chi connectivity index (χ0) is 21.5. The van der Waals surface area contributed by atoms with E-state index in [-0.39, 0.29) is 11.0 Å². The van der Waals surface area contributed by atoms with E-state index in [1.165, 1.54) is 67.4 Å². The van der Waals surface area contributed by atoms with Crippen molar-refractivity contribution in [2.24, 2.45) is 0 Å². The molecule has 3 heteroatoms. The molecule has 1 spiro atoms. The number of hydrogen-bond donors (Lipinski definition) is 0. The van der Waals surface area contributed by atoms with E-state index in [0.717, 1.165) is 31.2 Å². The summed E-state index contributed by atoms with van der Waals surface area (Å²) in [6, 6.07) is 16.6. The number of fused-ring (bicyclic) bond motifs is 1. The Kier molecular flexibility index (Phi) is 5.60. The van der Waals surface area contributed by atoms with E-state index in [4.69, 9.17) is 9.47 Å². The zero-order valence-corrected chi connectivity index (χ0v) is 19.5. The average Bonchev–Trinajstić information content (AvgIpc) is 2.74. The summed E-state index contributed by atoms with van der Waals surface area (Å²) in [5, 5.41) is 0. The third-order valence-electron chi connectivity index (χ3n) is 8.04. The van der Waals surface area contributed by atoms with Crippen molar-refractivity contribution in [2.75, 3.05) is 26.8 Å². The predicted octanol–water partition coefficient (Wildman–Crippen LogP) is 5.99. The van der Waals surface area contributed by atoms with Crippen molar-refractivity contribution in [2.45, 2.75) is 75.9 Å². The van der Waals surface area contributed by atoms with Gasteiger partial charge in [-0.05, 0) is 72.9 Å². The van der Waals surface area contributed by atoms with E-state index in [2.05, 4.69) is 61.2 Å². The highest BCUT2D eigenvalue weighted by Gasteiger charge is 2.41. The lowest BCUT2D eigenvalue weighted by atomic mass is 9.80. The Morgan fingerprint density at radius 2 is 1.71 bits per heavy atom. The highest BCUT2D eigenvalue weighted by molar-refractivity contribution is 5.66. The highest BCUT2D eigenvalue weighted by Crippen LogP contribution is 2.42. The second-order valence-electron chi connectivity index (χ2n) is 10.6. The Labute approximate surface area is 187 Å². The molecule has 2 heterocycles. The lowest BCUT2D eigenvalue weighted by Crippen LogP contribution is -2.53. The molecule has 1 aliphatic carbocycles. The molecular formula is C28H37NO2. The topological polar surface area (TPSA) is 21.7 Å². The number of piperidine rings is 1. The fraction of sp³-hybridized carbons (Fsp3) is 0.571. The Morgan fingerprint density at radius 3 is 2.35 bits per heavy atom. The van der Waals surface area contributed by atoms with Crippen LogP contribution in [0.2, 0.25) is 0 Å². The molecule has 5 rings (SSSR count). The van der Waals surface area contributed by atoms with Crippen molar-refractivity contribution in [3.63, 3.8) is 0 Å². The van der Waals surface area contributed by atoms with Crippen molar-refractivity contribution in [1.82, 2.24) is 4.90 Å². The second-order valence-corrected chi connectivity index (χ2v) is 10.6. The molecule has 0 radical (unpaired) electrons. The number of ether oxygens (including phenoxy) is 2. The molecule has 3 nitrogen and oxygen atoms in total. The highest BCUT2D eigenvalue weighted by atomic mass is 16.5. The van der Waals surface area contributed by atoms with Crippen LogP contribution < -0.4 is 4.74 Å². The smallest absolute Gasteiger partial charge is 0.123 e. The summed E-state index contributed by atoms with van der Waals surface area (Å²) in [7, 11) is 1.77. The van der Waals surface area contributed by atoms with Gasteiger partial charge in [0.1, 0.15) is 11.4 Å². The van der Waals surface area contributed by atoms with Gasteiger partial charge in [-0.3, -0.25) is 0 Å². The number of rotatable bonds is 5. The van der Waals surface area contributed by atoms with E-state index >= 15 is 0 Å². The van der Waals surface area contributed by atoms with Crippen LogP contribution >= 0.6 is 0 Å². The van der Waals surface area contributed by atoms with Gasteiger partial charge in [0.05, 0.1) is 6.61 Å². The number of nitrogens with zero attached hydrogens (tertiary/aromatic N) is 1. The van der Waals surface area contributed by atoms with Crippen molar-refractivity contribution in [1.29, 1.82) is 0 Å². The summed E-state index contributed by atoms with van der Waals surface area (Å²) in [5.41, 5.74) is 5.34. The minimum atomic E-state index is 0.0273. The van der Waals surface area contributed by atoms with Crippen LogP contribution in [0, 0.1) is 0 Å². The van der Waals surface area contributed by atoms with Gasteiger partial charge in [0.25, 0.3) is 0 Å². The fourth-order valence-corrected chi connectivity index (χ4v) is 5.66. The summed E-state index contributed by atoms with van der Waals surface area (Å²) < 4.78 is 12.1. The van der Waals surface area contributed by atoms with Crippen LogP contribution in [-0.2, 0) is 16.6 Å². The Balaban J connectivity index is 1.28. The van der Waals surface area contributed by atoms with E-state index in [9.17, 15) is 0 Å². The van der Waals surface area contributed by atoms with Crippen LogP contribution in [0.5, 0.6) is 5.75 Å². The maximum Gasteiger partial charge on any atom is 0.123 e. The van der Waals surface area contributed by atoms with Gasteiger partial charge in [-0.1, -0.05) is 50.6 Å². The summed E-state index contributed by atoms with van der Waals surface area (Å²) >= 11 is 0. The van der Waals surface area contributed by atoms with Gasteiger partial charge in [-0.25, -0.2) is 0 Å². The largest absolute Gasteiger partial charge is 0.487 e. The summed E-state index contributed by atoms with van der Waals surface area (Å²) in [6.45, 7) is 7.61. The van der Waals surface area contributed by atoms with Gasteiger partial charge < -0.3 is 14.4 Å². The van der Waals surface area contributed by atoms with Crippen molar-refractivity contribution < 1.29 is 9.47 Å². The minimum absolute atomic E-state index is 0.0273. The number of aryl methyl sites for hydroxylation is 1. The van der Waals surface area contributed by atoms with Crippen LogP contribution in [0.1, 0.15) is 63.5 Å². The van der Waals surface area contributed by atoms with E-state index in [0.29, 0.717) is 0 Å². The van der Waals surface area contributed by atoms with E-state index in [1.54, 1.807) is 7.11 Å². The summed E-state index contributed by atoms with van der Waals surface area (Å²) in [5.74, 6) is 1.12. The van der Waals surface area contributed by atoms with Gasteiger partial charge in [0, 0.05) is 31.7 Å². The van der Waals surface area contributed by atoms with E-state index in [1.807, 2.05) is 0 Å². The molecule has 1 saturated carbocycles. The predicted molar refractivity (Wildman–Crippen MR) is 127 cm³/mol. The van der Waals surface area contributed by atoms with Crippen LogP contribution in [0.25, 0.3) is 11.1 Å². The monoisotopic (exact) mass is 419 g/mol. The molecule has 166 valence electrons. The molecule has 2 fully saturated rings. The first-order valence-corrected chi connectivity index (χ1v) is 12.1. The lowest BCUT2D eigenvalue weighted by molar-refractivity contribution is -0.0336. The third kappa shape index (κ3) is 4.15. The van der Waals surface area contributed by atoms with Crippen molar-refractivity contribution >= 4 is 0 Å². The van der Waals surface area contributed by atoms with Gasteiger partial charge in [-0.15, -0.1) is 0 Å². The lowest BCUT2D eigenvalue weighted by Gasteiger charge is -2.48. The first-order chi connectivity index (χ1) is 15.0. The van der Waals surface area contributed by atoms with Crippen molar-refractivity contribution in [3.8, 4) is 16.9 Å². The third-order valence-corrected chi connectivity index (χ3v) is 8.04. The Bertz CT molecular complexity index is 905. The molecule has 31 heavy (non-hydrogen) atoms. The summed E-state index contributed by atoms with van der Waals surface area (Å²) in [6.07, 6.45) is 8.89. The SMILES string of the molecule is COCC(C)(C)c1ccc(-c2ccc3c(c2)CCC2(CCN(C4CCC4)CC2)O3)cc1. The molecule has 1 saturated heterocycles. The maximum absolute atomic E-state index is 6.68. The molecule has 0 bridgehead atoms. The van der Waals surface area contributed by atoms with Crippen LogP contribution in [0.4, 0.5) is 0 Å². The molecule has 2 aliphatic heterocycles. The van der Waals surface area contributed by atoms with Gasteiger partial charge in [-0.2, -0.15) is 0 Å². The zero-order valence-electron chi connectivity index (χ0n) is 19.5. The Hall–Kier alpha value is -1.84. The molecule has 0 atom stereocenters. The Morgan fingerprint density at radius 1 is 1.00 bits per heavy atom. The first kappa shape index (κ1) is 21.0. The second kappa shape index (κ2) is 8.26. The molecule has 0 N–H and O–H groups in total. The van der Waals surface area contributed by atoms with Gasteiger partial charge in [0.15, 0.2) is 0 Å². The molecule has 2 aromatic rings. The van der Waals surface area contributed by atoms with Gasteiger partial charge in [0.2, 0.25) is 0 Å². The van der Waals surface area contributed by atoms with Crippen LogP contribution in [-0.4, -0.2) is 43.3 Å². The standard InChI is InChI=1S/C28H37NO2/c1-27(2,20-30-3)24-10-7-21(8-11-24)22-9-12-26-23(19-22)13-14-28(31-26)15-17-29(18-16-28)25-5-4-6-25/h7-12,19,25H,4-6,13-18,20H2,1-3H3. The number of hydrogen-bond acceptors (Lipinski definition) is 3. The summed E-state index contributed by atoms with van der Waals surface area (Å²) in [4.78, 5) is 2.72. The molecular weight excluding hydrogens is 382 g/mol. The quantitative estimate of drug-likeness (QED) is 0.594. The number of benzene rings is 2. The fourth-order valence-electron chi connectivity index (χ4n) is 5.66. The van der Waals surface area contributed by atoms with Crippen LogP contribution in [0.3, 0.4) is 0 Å². The minimum Gasteiger partial charge on any atom is -0.487 e. The van der Waals surface area contributed by atoms with Crippen LogP contribution in [0.15, 0.2) is 42.5 Å². The van der Waals surface area contributed by atoms with Crippen molar-refractivity contribution in [3.05, 3.63) is 53.6 Å².